The van der Waals surface area contributed by atoms with Crippen molar-refractivity contribution in [1.29, 1.82) is 0 Å². The Morgan fingerprint density at radius 2 is 2.00 bits per heavy atom. The summed E-state index contributed by atoms with van der Waals surface area (Å²) >= 11 is 0. The van der Waals surface area contributed by atoms with Crippen LogP contribution in [0.3, 0.4) is 0 Å². The predicted molar refractivity (Wildman–Crippen MR) is 55.8 cm³/mol. The molecule has 0 spiro atoms. The molecule has 0 radical (unpaired) electrons. The summed E-state index contributed by atoms with van der Waals surface area (Å²) in [6, 6.07) is 0. The molecule has 0 amide bonds. The molecular formula is C11H24O2. The van der Waals surface area contributed by atoms with Crippen LogP contribution in [0.2, 0.25) is 0 Å². The summed E-state index contributed by atoms with van der Waals surface area (Å²) in [5, 5.41) is 9.27. The lowest BCUT2D eigenvalue weighted by Crippen LogP contribution is -2.28. The van der Waals surface area contributed by atoms with Crippen molar-refractivity contribution in [2.24, 2.45) is 11.3 Å². The SMILES string of the molecule is CCOCCCC(C)(CO)C(C)C. The van der Waals surface area contributed by atoms with Gasteiger partial charge in [0.2, 0.25) is 0 Å². The van der Waals surface area contributed by atoms with E-state index in [0.29, 0.717) is 5.92 Å². The zero-order valence-corrected chi connectivity index (χ0v) is 9.47. The normalized spacial score (nSPS) is 16.2. The van der Waals surface area contributed by atoms with Crippen LogP contribution in [0.4, 0.5) is 0 Å². The molecule has 2 nitrogen and oxygen atoms in total. The second-order valence-electron chi connectivity index (χ2n) is 4.27. The Balaban J connectivity index is 3.71. The first kappa shape index (κ1) is 12.9. The van der Waals surface area contributed by atoms with Gasteiger partial charge >= 0.3 is 0 Å². The molecule has 0 aromatic heterocycles. The minimum absolute atomic E-state index is 0.0666. The monoisotopic (exact) mass is 188 g/mol. The molecule has 0 bridgehead atoms. The van der Waals surface area contributed by atoms with E-state index in [1.54, 1.807) is 0 Å². The van der Waals surface area contributed by atoms with Crippen molar-refractivity contribution >= 4 is 0 Å². The van der Waals surface area contributed by atoms with E-state index in [-0.39, 0.29) is 12.0 Å². The fourth-order valence-electron chi connectivity index (χ4n) is 1.27. The maximum Gasteiger partial charge on any atom is 0.0487 e. The van der Waals surface area contributed by atoms with Gasteiger partial charge in [-0.25, -0.2) is 0 Å². The molecule has 0 saturated carbocycles. The summed E-state index contributed by atoms with van der Waals surface area (Å²) in [7, 11) is 0. The van der Waals surface area contributed by atoms with E-state index in [0.717, 1.165) is 26.1 Å². The molecule has 0 aromatic carbocycles. The van der Waals surface area contributed by atoms with E-state index in [4.69, 9.17) is 4.74 Å². The van der Waals surface area contributed by atoms with Crippen LogP contribution in [-0.2, 0) is 4.74 Å². The molecule has 13 heavy (non-hydrogen) atoms. The summed E-state index contributed by atoms with van der Waals surface area (Å²) in [5.74, 6) is 0.527. The maximum absolute atomic E-state index is 9.27. The van der Waals surface area contributed by atoms with Gasteiger partial charge in [-0.2, -0.15) is 0 Å². The van der Waals surface area contributed by atoms with Crippen LogP contribution in [-0.4, -0.2) is 24.9 Å². The van der Waals surface area contributed by atoms with Crippen molar-refractivity contribution in [2.45, 2.75) is 40.5 Å². The third kappa shape index (κ3) is 4.63. The van der Waals surface area contributed by atoms with Crippen LogP contribution in [0.5, 0.6) is 0 Å². The molecule has 0 fully saturated rings. The second kappa shape index (κ2) is 6.39. The van der Waals surface area contributed by atoms with Gasteiger partial charge in [0.1, 0.15) is 0 Å². The van der Waals surface area contributed by atoms with Crippen molar-refractivity contribution in [3.05, 3.63) is 0 Å². The maximum atomic E-state index is 9.27. The first-order valence-corrected chi connectivity index (χ1v) is 5.25. The van der Waals surface area contributed by atoms with Gasteiger partial charge in [-0.05, 0) is 31.1 Å². The molecule has 0 aliphatic heterocycles. The molecule has 0 rings (SSSR count). The average molecular weight is 188 g/mol. The number of hydrogen-bond acceptors (Lipinski definition) is 2. The van der Waals surface area contributed by atoms with E-state index in [1.165, 1.54) is 0 Å². The third-order valence-corrected chi connectivity index (χ3v) is 3.00. The van der Waals surface area contributed by atoms with Crippen LogP contribution >= 0.6 is 0 Å². The number of aliphatic hydroxyl groups excluding tert-OH is 1. The minimum atomic E-state index is 0.0666. The smallest absolute Gasteiger partial charge is 0.0487 e. The third-order valence-electron chi connectivity index (χ3n) is 3.00. The lowest BCUT2D eigenvalue weighted by atomic mass is 9.76. The summed E-state index contributed by atoms with van der Waals surface area (Å²) in [5.41, 5.74) is 0.0666. The van der Waals surface area contributed by atoms with E-state index in [1.807, 2.05) is 6.92 Å². The van der Waals surface area contributed by atoms with E-state index >= 15 is 0 Å². The fourth-order valence-corrected chi connectivity index (χ4v) is 1.27. The Morgan fingerprint density at radius 3 is 2.38 bits per heavy atom. The average Bonchev–Trinajstić information content (AvgIpc) is 2.12. The van der Waals surface area contributed by atoms with Gasteiger partial charge in [0.05, 0.1) is 0 Å². The Bertz CT molecular complexity index is 123. The zero-order valence-electron chi connectivity index (χ0n) is 9.47. The van der Waals surface area contributed by atoms with Crippen molar-refractivity contribution in [3.63, 3.8) is 0 Å². The van der Waals surface area contributed by atoms with Gasteiger partial charge in [-0.1, -0.05) is 20.8 Å². The molecule has 0 aromatic rings. The van der Waals surface area contributed by atoms with Crippen LogP contribution in [0, 0.1) is 11.3 Å². The van der Waals surface area contributed by atoms with E-state index in [9.17, 15) is 5.11 Å². The molecule has 0 saturated heterocycles. The van der Waals surface area contributed by atoms with Crippen LogP contribution in [0.25, 0.3) is 0 Å². The molecule has 0 aliphatic rings. The van der Waals surface area contributed by atoms with E-state index < -0.39 is 0 Å². The van der Waals surface area contributed by atoms with Gasteiger partial charge in [-0.3, -0.25) is 0 Å². The largest absolute Gasteiger partial charge is 0.396 e. The number of aliphatic hydroxyl groups is 1. The molecule has 0 heterocycles. The zero-order chi connectivity index (χ0) is 10.3. The van der Waals surface area contributed by atoms with Crippen molar-refractivity contribution in [1.82, 2.24) is 0 Å². The number of rotatable bonds is 7. The molecule has 80 valence electrons. The quantitative estimate of drug-likeness (QED) is 0.622. The lowest BCUT2D eigenvalue weighted by Gasteiger charge is -2.31. The molecule has 1 unspecified atom stereocenters. The number of hydrogen-bond donors (Lipinski definition) is 1. The van der Waals surface area contributed by atoms with Crippen LogP contribution < -0.4 is 0 Å². The summed E-state index contributed by atoms with van der Waals surface area (Å²) in [6.45, 7) is 10.4. The highest BCUT2D eigenvalue weighted by Gasteiger charge is 2.26. The Hall–Kier alpha value is -0.0800. The Morgan fingerprint density at radius 1 is 1.38 bits per heavy atom. The molecule has 0 aliphatic carbocycles. The van der Waals surface area contributed by atoms with E-state index in [2.05, 4.69) is 20.8 Å². The van der Waals surface area contributed by atoms with Crippen LogP contribution in [0.15, 0.2) is 0 Å². The molecule has 1 atom stereocenters. The fraction of sp³-hybridized carbons (Fsp3) is 1.00. The standard InChI is InChI=1S/C11H24O2/c1-5-13-8-6-7-11(4,9-12)10(2)3/h10,12H,5-9H2,1-4H3. The molecule has 2 heteroatoms. The molecular weight excluding hydrogens is 164 g/mol. The summed E-state index contributed by atoms with van der Waals surface area (Å²) < 4.78 is 5.27. The highest BCUT2D eigenvalue weighted by Crippen LogP contribution is 2.31. The summed E-state index contributed by atoms with van der Waals surface area (Å²) in [4.78, 5) is 0. The lowest BCUT2D eigenvalue weighted by molar-refractivity contribution is 0.0666. The van der Waals surface area contributed by atoms with Crippen molar-refractivity contribution in [3.8, 4) is 0 Å². The van der Waals surface area contributed by atoms with Gasteiger partial charge in [0, 0.05) is 19.8 Å². The minimum Gasteiger partial charge on any atom is -0.396 e. The van der Waals surface area contributed by atoms with Crippen molar-refractivity contribution < 1.29 is 9.84 Å². The first-order valence-electron chi connectivity index (χ1n) is 5.25. The molecule has 1 N–H and O–H groups in total. The highest BCUT2D eigenvalue weighted by molar-refractivity contribution is 4.76. The van der Waals surface area contributed by atoms with Crippen molar-refractivity contribution in [2.75, 3.05) is 19.8 Å². The van der Waals surface area contributed by atoms with Gasteiger partial charge in [0.15, 0.2) is 0 Å². The predicted octanol–water partition coefficient (Wildman–Crippen LogP) is 2.46. The second-order valence-corrected chi connectivity index (χ2v) is 4.27. The summed E-state index contributed by atoms with van der Waals surface area (Å²) in [6.07, 6.45) is 2.09. The van der Waals surface area contributed by atoms with Gasteiger partial charge < -0.3 is 9.84 Å². The topological polar surface area (TPSA) is 29.5 Å². The van der Waals surface area contributed by atoms with Gasteiger partial charge in [0.25, 0.3) is 0 Å². The Kier molecular flexibility index (Phi) is 6.35. The highest BCUT2D eigenvalue weighted by atomic mass is 16.5. The Labute approximate surface area is 82.3 Å². The van der Waals surface area contributed by atoms with Gasteiger partial charge in [-0.15, -0.1) is 0 Å². The first-order chi connectivity index (χ1) is 6.06. The van der Waals surface area contributed by atoms with Crippen LogP contribution in [0.1, 0.15) is 40.5 Å². The number of ether oxygens (including phenoxy) is 1.